The zero-order valence-electron chi connectivity index (χ0n) is 10.3. The highest BCUT2D eigenvalue weighted by Crippen LogP contribution is 2.19. The van der Waals surface area contributed by atoms with Crippen molar-refractivity contribution in [1.82, 2.24) is 5.32 Å². The molecule has 0 bridgehead atoms. The van der Waals surface area contributed by atoms with Gasteiger partial charge in [-0.2, -0.15) is 0 Å². The van der Waals surface area contributed by atoms with E-state index in [4.69, 9.17) is 0 Å². The molecule has 1 amide bonds. The maximum Gasteiger partial charge on any atom is 0.407 e. The van der Waals surface area contributed by atoms with Gasteiger partial charge in [-0.3, -0.25) is 0 Å². The van der Waals surface area contributed by atoms with Gasteiger partial charge in [-0.25, -0.2) is 4.79 Å². The third-order valence-corrected chi connectivity index (χ3v) is 2.75. The number of carbonyl (C=O) groups excluding carboxylic acids is 1. The van der Waals surface area contributed by atoms with E-state index in [9.17, 15) is 4.79 Å². The van der Waals surface area contributed by atoms with Crippen LogP contribution < -0.4 is 5.32 Å². The number of hydrogen-bond donors (Lipinski definition) is 1. The van der Waals surface area contributed by atoms with Crippen molar-refractivity contribution in [2.24, 2.45) is 5.92 Å². The molecule has 15 heavy (non-hydrogen) atoms. The van der Waals surface area contributed by atoms with Crippen molar-refractivity contribution in [3.63, 3.8) is 0 Å². The van der Waals surface area contributed by atoms with Crippen molar-refractivity contribution in [2.45, 2.75) is 46.1 Å². The summed E-state index contributed by atoms with van der Waals surface area (Å²) in [7, 11) is 1.38. The van der Waals surface area contributed by atoms with E-state index < -0.39 is 0 Å². The summed E-state index contributed by atoms with van der Waals surface area (Å²) in [6.07, 6.45) is 2.60. The van der Waals surface area contributed by atoms with Crippen LogP contribution in [0.25, 0.3) is 0 Å². The zero-order valence-corrected chi connectivity index (χ0v) is 10.3. The standard InChI is InChI=1S/C12H23NO2/c1-6-8-11(13-12(14)15-5)10(4)9(3)7-2/h9,11H,4,6-8H2,1-3,5H3,(H,13,14). The van der Waals surface area contributed by atoms with Gasteiger partial charge in [0, 0.05) is 0 Å². The number of amides is 1. The third kappa shape index (κ3) is 4.86. The predicted octanol–water partition coefficient (Wildman–Crippen LogP) is 3.11. The largest absolute Gasteiger partial charge is 0.453 e. The van der Waals surface area contributed by atoms with Crippen LogP contribution in [0.3, 0.4) is 0 Å². The Morgan fingerprint density at radius 3 is 2.47 bits per heavy atom. The van der Waals surface area contributed by atoms with Crippen LogP contribution in [-0.2, 0) is 4.74 Å². The molecule has 88 valence electrons. The molecule has 2 unspecified atom stereocenters. The summed E-state index contributed by atoms with van der Waals surface area (Å²) in [5.41, 5.74) is 1.09. The van der Waals surface area contributed by atoms with Gasteiger partial charge in [-0.1, -0.05) is 39.3 Å². The Morgan fingerprint density at radius 1 is 1.47 bits per heavy atom. The quantitative estimate of drug-likeness (QED) is 0.688. The molecule has 0 aliphatic rings. The summed E-state index contributed by atoms with van der Waals surface area (Å²) in [5.74, 6) is 0.429. The van der Waals surface area contributed by atoms with E-state index >= 15 is 0 Å². The first-order valence-electron chi connectivity index (χ1n) is 5.59. The fourth-order valence-electron chi connectivity index (χ4n) is 1.45. The summed E-state index contributed by atoms with van der Waals surface area (Å²) in [5, 5.41) is 2.82. The maximum atomic E-state index is 11.1. The molecule has 0 heterocycles. The average molecular weight is 213 g/mol. The lowest BCUT2D eigenvalue weighted by molar-refractivity contribution is 0.167. The molecular weight excluding hydrogens is 190 g/mol. The average Bonchev–Trinajstić information content (AvgIpc) is 2.26. The second-order valence-corrected chi connectivity index (χ2v) is 3.86. The summed E-state index contributed by atoms with van der Waals surface area (Å²) in [6.45, 7) is 10.4. The molecule has 0 saturated carbocycles. The van der Waals surface area contributed by atoms with E-state index in [2.05, 4.69) is 37.4 Å². The molecule has 0 aliphatic carbocycles. The van der Waals surface area contributed by atoms with Gasteiger partial charge >= 0.3 is 6.09 Å². The highest BCUT2D eigenvalue weighted by Gasteiger charge is 2.18. The number of alkyl carbamates (subject to hydrolysis) is 1. The lowest BCUT2D eigenvalue weighted by atomic mass is 9.91. The molecule has 0 aromatic rings. The number of ether oxygens (including phenoxy) is 1. The van der Waals surface area contributed by atoms with E-state index in [-0.39, 0.29) is 12.1 Å². The fraction of sp³-hybridized carbons (Fsp3) is 0.750. The highest BCUT2D eigenvalue weighted by molar-refractivity contribution is 5.67. The van der Waals surface area contributed by atoms with Gasteiger partial charge in [0.25, 0.3) is 0 Å². The molecule has 0 fully saturated rings. The van der Waals surface area contributed by atoms with E-state index in [0.717, 1.165) is 24.8 Å². The number of methoxy groups -OCH3 is 1. The Kier molecular flexibility index (Phi) is 6.84. The van der Waals surface area contributed by atoms with Crippen LogP contribution in [0.2, 0.25) is 0 Å². The molecule has 0 aliphatic heterocycles. The lowest BCUT2D eigenvalue weighted by Crippen LogP contribution is -2.37. The van der Waals surface area contributed by atoms with Crippen molar-refractivity contribution >= 4 is 6.09 Å². The van der Waals surface area contributed by atoms with Crippen molar-refractivity contribution in [3.8, 4) is 0 Å². The molecule has 0 radical (unpaired) electrons. The maximum absolute atomic E-state index is 11.1. The lowest BCUT2D eigenvalue weighted by Gasteiger charge is -2.23. The summed E-state index contributed by atoms with van der Waals surface area (Å²) >= 11 is 0. The SMILES string of the molecule is C=C(C(C)CC)C(CCC)NC(=O)OC. The number of nitrogens with one attached hydrogen (secondary N) is 1. The van der Waals surface area contributed by atoms with Gasteiger partial charge in [0.1, 0.15) is 0 Å². The molecule has 1 N–H and O–H groups in total. The van der Waals surface area contributed by atoms with Gasteiger partial charge in [-0.05, 0) is 18.8 Å². The van der Waals surface area contributed by atoms with Gasteiger partial charge in [0.2, 0.25) is 0 Å². The topological polar surface area (TPSA) is 38.3 Å². The van der Waals surface area contributed by atoms with Gasteiger partial charge in [-0.15, -0.1) is 0 Å². The van der Waals surface area contributed by atoms with Crippen molar-refractivity contribution < 1.29 is 9.53 Å². The normalized spacial score (nSPS) is 14.1. The minimum atomic E-state index is -0.377. The van der Waals surface area contributed by atoms with E-state index in [1.807, 2.05) is 0 Å². The highest BCUT2D eigenvalue weighted by atomic mass is 16.5. The Morgan fingerprint density at radius 2 is 2.07 bits per heavy atom. The van der Waals surface area contributed by atoms with Crippen LogP contribution >= 0.6 is 0 Å². The van der Waals surface area contributed by atoms with Crippen molar-refractivity contribution in [3.05, 3.63) is 12.2 Å². The van der Waals surface area contributed by atoms with Crippen molar-refractivity contribution in [1.29, 1.82) is 0 Å². The van der Waals surface area contributed by atoms with Crippen LogP contribution in [-0.4, -0.2) is 19.2 Å². The monoisotopic (exact) mass is 213 g/mol. The molecular formula is C12H23NO2. The Bertz CT molecular complexity index is 214. The van der Waals surface area contributed by atoms with Crippen LogP contribution in [0.1, 0.15) is 40.0 Å². The molecule has 2 atom stereocenters. The first kappa shape index (κ1) is 14.0. The van der Waals surface area contributed by atoms with E-state index in [0.29, 0.717) is 5.92 Å². The predicted molar refractivity (Wildman–Crippen MR) is 62.8 cm³/mol. The zero-order chi connectivity index (χ0) is 11.8. The van der Waals surface area contributed by atoms with E-state index in [1.54, 1.807) is 0 Å². The number of carbonyl (C=O) groups is 1. The van der Waals surface area contributed by atoms with Crippen molar-refractivity contribution in [2.75, 3.05) is 7.11 Å². The number of rotatable bonds is 6. The minimum Gasteiger partial charge on any atom is -0.453 e. The van der Waals surface area contributed by atoms with Crippen LogP contribution in [0.4, 0.5) is 4.79 Å². The minimum absolute atomic E-state index is 0.0393. The van der Waals surface area contributed by atoms with Gasteiger partial charge < -0.3 is 10.1 Å². The molecule has 0 aromatic carbocycles. The molecule has 3 heteroatoms. The third-order valence-electron chi connectivity index (χ3n) is 2.75. The molecule has 0 spiro atoms. The smallest absolute Gasteiger partial charge is 0.407 e. The second kappa shape index (κ2) is 7.32. The van der Waals surface area contributed by atoms with Crippen LogP contribution in [0.5, 0.6) is 0 Å². The Balaban J connectivity index is 4.37. The summed E-state index contributed by atoms with van der Waals surface area (Å²) in [6, 6.07) is 0.0393. The Hall–Kier alpha value is -0.990. The molecule has 0 aromatic heterocycles. The number of hydrogen-bond acceptors (Lipinski definition) is 2. The summed E-state index contributed by atoms with van der Waals surface area (Å²) < 4.78 is 4.60. The van der Waals surface area contributed by atoms with Gasteiger partial charge in [0.15, 0.2) is 0 Å². The van der Waals surface area contributed by atoms with E-state index in [1.165, 1.54) is 7.11 Å². The molecule has 0 rings (SSSR count). The van der Waals surface area contributed by atoms with Crippen LogP contribution in [0, 0.1) is 5.92 Å². The molecule has 0 saturated heterocycles. The fourth-order valence-corrected chi connectivity index (χ4v) is 1.45. The van der Waals surface area contributed by atoms with Gasteiger partial charge in [0.05, 0.1) is 13.2 Å². The van der Waals surface area contributed by atoms with Crippen LogP contribution in [0.15, 0.2) is 12.2 Å². The first-order valence-corrected chi connectivity index (χ1v) is 5.59. The Labute approximate surface area is 92.9 Å². The molecule has 3 nitrogen and oxygen atoms in total. The second-order valence-electron chi connectivity index (χ2n) is 3.86. The summed E-state index contributed by atoms with van der Waals surface area (Å²) in [4.78, 5) is 11.1. The first-order chi connectivity index (χ1) is 7.06.